The van der Waals surface area contributed by atoms with Crippen LogP contribution < -0.4 is 15.5 Å². The summed E-state index contributed by atoms with van der Waals surface area (Å²) in [7, 11) is 0. The topological polar surface area (TPSA) is 61.4 Å². The third-order valence-corrected chi connectivity index (χ3v) is 2.63. The van der Waals surface area contributed by atoms with Crippen LogP contribution in [0, 0.1) is 11.6 Å². The molecule has 0 aromatic heterocycles. The Labute approximate surface area is 122 Å². The van der Waals surface area contributed by atoms with Crippen molar-refractivity contribution >= 4 is 17.6 Å². The number of benzene rings is 1. The molecule has 0 radical (unpaired) electrons. The van der Waals surface area contributed by atoms with Gasteiger partial charge >= 0.3 is 6.03 Å². The van der Waals surface area contributed by atoms with Gasteiger partial charge in [0.2, 0.25) is 5.91 Å². The third-order valence-electron chi connectivity index (χ3n) is 2.63. The Balaban J connectivity index is 2.72. The number of hydrogen-bond donors (Lipinski definition) is 2. The monoisotopic (exact) mass is 299 g/mol. The van der Waals surface area contributed by atoms with Crippen LogP contribution in [0.3, 0.4) is 0 Å². The first kappa shape index (κ1) is 16.9. The molecule has 2 N–H and O–H groups in total. The fourth-order valence-corrected chi connectivity index (χ4v) is 1.77. The van der Waals surface area contributed by atoms with E-state index in [4.69, 9.17) is 0 Å². The minimum atomic E-state index is -0.822. The summed E-state index contributed by atoms with van der Waals surface area (Å²) in [5.41, 5.74) is -0.406. The van der Waals surface area contributed by atoms with Crippen molar-refractivity contribution < 1.29 is 18.4 Å². The Morgan fingerprint density at radius 2 is 1.81 bits per heavy atom. The van der Waals surface area contributed by atoms with Gasteiger partial charge in [0, 0.05) is 26.1 Å². The highest BCUT2D eigenvalue weighted by molar-refractivity contribution is 5.91. The highest BCUT2D eigenvalue weighted by atomic mass is 19.1. The van der Waals surface area contributed by atoms with E-state index in [0.717, 1.165) is 17.0 Å². The normalized spacial score (nSPS) is 10.4. The van der Waals surface area contributed by atoms with Gasteiger partial charge in [-0.1, -0.05) is 6.07 Å². The summed E-state index contributed by atoms with van der Waals surface area (Å²) in [6.45, 7) is 4.86. The molecule has 5 nitrogen and oxygen atoms in total. The maximum atomic E-state index is 13.7. The lowest BCUT2D eigenvalue weighted by atomic mass is 10.2. The lowest BCUT2D eigenvalue weighted by Crippen LogP contribution is -2.44. The number of rotatable bonds is 5. The Kier molecular flexibility index (Phi) is 6.08. The molecule has 7 heteroatoms. The second kappa shape index (κ2) is 7.56. The maximum Gasteiger partial charge on any atom is 0.315 e. The Morgan fingerprint density at radius 3 is 2.29 bits per heavy atom. The molecule has 0 aliphatic rings. The van der Waals surface area contributed by atoms with E-state index in [2.05, 4.69) is 10.6 Å². The maximum absolute atomic E-state index is 13.7. The van der Waals surface area contributed by atoms with Crippen LogP contribution in [0.4, 0.5) is 19.3 Å². The Hall–Kier alpha value is -2.18. The van der Waals surface area contributed by atoms with E-state index in [9.17, 15) is 18.4 Å². The van der Waals surface area contributed by atoms with E-state index in [1.165, 1.54) is 13.0 Å². The van der Waals surface area contributed by atoms with Gasteiger partial charge in [-0.15, -0.1) is 0 Å². The number of urea groups is 1. The molecule has 0 saturated carbocycles. The van der Waals surface area contributed by atoms with Crippen molar-refractivity contribution in [1.82, 2.24) is 10.6 Å². The van der Waals surface area contributed by atoms with Crippen molar-refractivity contribution in [3.8, 4) is 0 Å². The van der Waals surface area contributed by atoms with E-state index < -0.39 is 29.3 Å². The smallest absolute Gasteiger partial charge is 0.315 e. The van der Waals surface area contributed by atoms with Crippen LogP contribution in [0.1, 0.15) is 20.8 Å². The molecule has 0 spiro atoms. The van der Waals surface area contributed by atoms with Crippen molar-refractivity contribution in [1.29, 1.82) is 0 Å². The minimum absolute atomic E-state index is 0.0291. The third kappa shape index (κ3) is 5.02. The molecule has 0 aliphatic carbocycles. The number of hydrogen-bond acceptors (Lipinski definition) is 2. The average molecular weight is 299 g/mol. The summed E-state index contributed by atoms with van der Waals surface area (Å²) in [6, 6.07) is 2.95. The van der Waals surface area contributed by atoms with Crippen molar-refractivity contribution in [3.05, 3.63) is 29.8 Å². The van der Waals surface area contributed by atoms with Gasteiger partial charge in [-0.3, -0.25) is 4.79 Å². The van der Waals surface area contributed by atoms with Crippen LogP contribution in [-0.4, -0.2) is 31.1 Å². The SMILES string of the molecule is CC(=O)N(CCNC(=O)NC(C)C)c1c(F)cccc1F. The van der Waals surface area contributed by atoms with E-state index in [-0.39, 0.29) is 19.1 Å². The van der Waals surface area contributed by atoms with Gasteiger partial charge in [0.1, 0.15) is 17.3 Å². The average Bonchev–Trinajstić information content (AvgIpc) is 2.35. The summed E-state index contributed by atoms with van der Waals surface area (Å²) in [4.78, 5) is 23.9. The number of carbonyl (C=O) groups excluding carboxylic acids is 2. The highest BCUT2D eigenvalue weighted by Gasteiger charge is 2.19. The fourth-order valence-electron chi connectivity index (χ4n) is 1.77. The molecule has 0 aliphatic heterocycles. The lowest BCUT2D eigenvalue weighted by Gasteiger charge is -2.22. The number of carbonyl (C=O) groups is 2. The molecule has 1 aromatic carbocycles. The van der Waals surface area contributed by atoms with Crippen LogP contribution in [0.25, 0.3) is 0 Å². The molecule has 1 aromatic rings. The molecule has 21 heavy (non-hydrogen) atoms. The van der Waals surface area contributed by atoms with Gasteiger partial charge in [0.05, 0.1) is 0 Å². The van der Waals surface area contributed by atoms with E-state index >= 15 is 0 Å². The first-order valence-electron chi connectivity index (χ1n) is 6.59. The van der Waals surface area contributed by atoms with Crippen LogP contribution in [0.2, 0.25) is 0 Å². The molecule has 0 heterocycles. The summed E-state index contributed by atoms with van der Waals surface area (Å²) in [5, 5.41) is 5.13. The highest BCUT2D eigenvalue weighted by Crippen LogP contribution is 2.22. The Bertz CT molecular complexity index is 501. The molecule has 116 valence electrons. The zero-order chi connectivity index (χ0) is 16.0. The molecule has 0 atom stereocenters. The van der Waals surface area contributed by atoms with E-state index in [1.807, 2.05) is 0 Å². The van der Waals surface area contributed by atoms with Gasteiger partial charge in [-0.05, 0) is 26.0 Å². The molecular weight excluding hydrogens is 280 g/mol. The standard InChI is InChI=1S/C14H19F2N3O2/c1-9(2)18-14(21)17-7-8-19(10(3)20)13-11(15)5-4-6-12(13)16/h4-6,9H,7-8H2,1-3H3,(H2,17,18,21). The largest absolute Gasteiger partial charge is 0.336 e. The molecular formula is C14H19F2N3O2. The lowest BCUT2D eigenvalue weighted by molar-refractivity contribution is -0.116. The number of halogens is 2. The molecule has 0 saturated heterocycles. The molecule has 1 rings (SSSR count). The zero-order valence-corrected chi connectivity index (χ0v) is 12.2. The number of nitrogens with one attached hydrogen (secondary N) is 2. The number of para-hydroxylation sites is 1. The number of nitrogens with zero attached hydrogens (tertiary/aromatic N) is 1. The minimum Gasteiger partial charge on any atom is -0.336 e. The first-order valence-corrected chi connectivity index (χ1v) is 6.59. The van der Waals surface area contributed by atoms with Crippen LogP contribution in [-0.2, 0) is 4.79 Å². The van der Waals surface area contributed by atoms with Gasteiger partial charge in [-0.2, -0.15) is 0 Å². The molecule has 0 fully saturated rings. The van der Waals surface area contributed by atoms with E-state index in [1.54, 1.807) is 13.8 Å². The van der Waals surface area contributed by atoms with Gasteiger partial charge in [0.15, 0.2) is 0 Å². The molecule has 3 amide bonds. The van der Waals surface area contributed by atoms with Crippen molar-refractivity contribution in [2.75, 3.05) is 18.0 Å². The molecule has 0 unspecified atom stereocenters. The van der Waals surface area contributed by atoms with Crippen molar-refractivity contribution in [2.45, 2.75) is 26.8 Å². The Morgan fingerprint density at radius 1 is 1.24 bits per heavy atom. The van der Waals surface area contributed by atoms with Crippen molar-refractivity contribution in [3.63, 3.8) is 0 Å². The predicted molar refractivity (Wildman–Crippen MR) is 76.1 cm³/mol. The van der Waals surface area contributed by atoms with Gasteiger partial charge in [-0.25, -0.2) is 13.6 Å². The van der Waals surface area contributed by atoms with Crippen molar-refractivity contribution in [2.24, 2.45) is 0 Å². The van der Waals surface area contributed by atoms with Crippen LogP contribution in [0.5, 0.6) is 0 Å². The van der Waals surface area contributed by atoms with Gasteiger partial charge < -0.3 is 15.5 Å². The summed E-state index contributed by atoms with van der Waals surface area (Å²) in [5.74, 6) is -2.15. The molecule has 0 bridgehead atoms. The summed E-state index contributed by atoms with van der Waals surface area (Å²) < 4.78 is 27.4. The second-order valence-corrected chi connectivity index (χ2v) is 4.80. The van der Waals surface area contributed by atoms with Crippen LogP contribution in [0.15, 0.2) is 18.2 Å². The summed E-state index contributed by atoms with van der Waals surface area (Å²) in [6.07, 6.45) is 0. The van der Waals surface area contributed by atoms with Gasteiger partial charge in [0.25, 0.3) is 0 Å². The zero-order valence-electron chi connectivity index (χ0n) is 12.2. The van der Waals surface area contributed by atoms with Crippen LogP contribution >= 0.6 is 0 Å². The number of anilines is 1. The van der Waals surface area contributed by atoms with E-state index in [0.29, 0.717) is 0 Å². The number of amides is 3. The summed E-state index contributed by atoms with van der Waals surface area (Å²) >= 11 is 0. The predicted octanol–water partition coefficient (Wildman–Crippen LogP) is 2.03. The fraction of sp³-hybridized carbons (Fsp3) is 0.429. The quantitative estimate of drug-likeness (QED) is 0.874. The second-order valence-electron chi connectivity index (χ2n) is 4.80. The first-order chi connectivity index (χ1) is 9.82.